The van der Waals surface area contributed by atoms with Crippen LogP contribution in [0.1, 0.15) is 19.8 Å². The lowest BCUT2D eigenvalue weighted by Gasteiger charge is -2.38. The van der Waals surface area contributed by atoms with Crippen molar-refractivity contribution in [2.24, 2.45) is 5.41 Å². The topological polar surface area (TPSA) is 43.9 Å². The molecule has 5 nitrogen and oxygen atoms in total. The Morgan fingerprint density at radius 1 is 0.966 bits per heavy atom. The number of carbonyl (C=O) groups excluding carboxylic acids is 2. The average molecular weight is 395 g/mol. The van der Waals surface area contributed by atoms with E-state index in [4.69, 9.17) is 0 Å². The van der Waals surface area contributed by atoms with Crippen molar-refractivity contribution < 1.29 is 14.0 Å². The third-order valence-electron chi connectivity index (χ3n) is 5.96. The molecule has 1 aliphatic heterocycles. The van der Waals surface area contributed by atoms with Gasteiger partial charge in [0.25, 0.3) is 0 Å². The number of piperazine rings is 1. The fraction of sp³-hybridized carbons (Fsp3) is 0.391. The molecule has 1 aliphatic carbocycles. The molecule has 0 aromatic heterocycles. The lowest BCUT2D eigenvalue weighted by atomic mass is 10.0. The van der Waals surface area contributed by atoms with Crippen LogP contribution in [0.4, 0.5) is 15.8 Å². The second-order valence-corrected chi connectivity index (χ2v) is 7.72. The highest BCUT2D eigenvalue weighted by molar-refractivity contribution is 6.14. The van der Waals surface area contributed by atoms with E-state index in [9.17, 15) is 14.0 Å². The van der Waals surface area contributed by atoms with Crippen LogP contribution < -0.4 is 9.80 Å². The quantitative estimate of drug-likeness (QED) is 0.730. The van der Waals surface area contributed by atoms with Gasteiger partial charge in [-0.15, -0.1) is 0 Å². The Hall–Kier alpha value is -2.89. The Morgan fingerprint density at radius 3 is 2.14 bits per heavy atom. The molecule has 2 fully saturated rings. The summed E-state index contributed by atoms with van der Waals surface area (Å²) in [5, 5.41) is 0. The first-order chi connectivity index (χ1) is 14.0. The van der Waals surface area contributed by atoms with Gasteiger partial charge in [-0.05, 0) is 56.2 Å². The molecule has 0 N–H and O–H groups in total. The van der Waals surface area contributed by atoms with Crippen LogP contribution in [0.15, 0.2) is 54.6 Å². The number of nitrogens with zero attached hydrogens (tertiary/aromatic N) is 3. The summed E-state index contributed by atoms with van der Waals surface area (Å²) < 4.78 is 13.1. The Kier molecular flexibility index (Phi) is 5.26. The minimum atomic E-state index is -0.899. The van der Waals surface area contributed by atoms with Gasteiger partial charge in [-0.25, -0.2) is 4.39 Å². The smallest absolute Gasteiger partial charge is 0.242 e. The second kappa shape index (κ2) is 7.85. The van der Waals surface area contributed by atoms with Crippen molar-refractivity contribution >= 4 is 23.2 Å². The van der Waals surface area contributed by atoms with Crippen molar-refractivity contribution in [1.29, 1.82) is 0 Å². The van der Waals surface area contributed by atoms with Crippen molar-refractivity contribution in [1.82, 2.24) is 4.90 Å². The van der Waals surface area contributed by atoms with Crippen LogP contribution in [-0.2, 0) is 9.59 Å². The number of amides is 2. The Labute approximate surface area is 170 Å². The van der Waals surface area contributed by atoms with Crippen LogP contribution in [0.3, 0.4) is 0 Å². The zero-order valence-electron chi connectivity index (χ0n) is 16.7. The summed E-state index contributed by atoms with van der Waals surface area (Å²) >= 11 is 0. The maximum atomic E-state index is 13.3. The molecule has 0 spiro atoms. The van der Waals surface area contributed by atoms with Crippen LogP contribution >= 0.6 is 0 Å². The Bertz CT molecular complexity index is 873. The maximum Gasteiger partial charge on any atom is 0.242 e. The van der Waals surface area contributed by atoms with E-state index in [2.05, 4.69) is 4.90 Å². The molecule has 1 saturated heterocycles. The predicted octanol–water partition coefficient (Wildman–Crippen LogP) is 3.31. The van der Waals surface area contributed by atoms with E-state index >= 15 is 0 Å². The number of carbonyl (C=O) groups is 2. The fourth-order valence-corrected chi connectivity index (χ4v) is 4.08. The molecule has 29 heavy (non-hydrogen) atoms. The molecule has 1 saturated carbocycles. The fourth-order valence-electron chi connectivity index (χ4n) is 4.08. The molecular weight excluding hydrogens is 369 g/mol. The van der Waals surface area contributed by atoms with Gasteiger partial charge in [0.1, 0.15) is 11.2 Å². The van der Waals surface area contributed by atoms with Crippen LogP contribution in [-0.4, -0.2) is 49.4 Å². The van der Waals surface area contributed by atoms with Gasteiger partial charge in [0.15, 0.2) is 0 Å². The van der Waals surface area contributed by atoms with Gasteiger partial charge in [0, 0.05) is 44.1 Å². The van der Waals surface area contributed by atoms with Crippen molar-refractivity contribution in [2.45, 2.75) is 19.8 Å². The van der Waals surface area contributed by atoms with Crippen molar-refractivity contribution in [3.8, 4) is 0 Å². The number of halogens is 1. The number of benzene rings is 2. The number of para-hydroxylation sites is 1. The third-order valence-corrected chi connectivity index (χ3v) is 5.96. The molecule has 2 aromatic rings. The molecule has 2 aromatic carbocycles. The van der Waals surface area contributed by atoms with Crippen LogP contribution in [0.5, 0.6) is 0 Å². The van der Waals surface area contributed by atoms with Crippen LogP contribution in [0.2, 0.25) is 0 Å². The zero-order chi connectivity index (χ0) is 20.4. The highest BCUT2D eigenvalue weighted by atomic mass is 19.1. The second-order valence-electron chi connectivity index (χ2n) is 7.72. The summed E-state index contributed by atoms with van der Waals surface area (Å²) in [5.74, 6) is -0.386. The molecule has 0 bridgehead atoms. The van der Waals surface area contributed by atoms with Crippen LogP contribution in [0, 0.1) is 11.2 Å². The van der Waals surface area contributed by atoms with E-state index in [0.29, 0.717) is 45.6 Å². The molecule has 2 aliphatic rings. The van der Waals surface area contributed by atoms with Gasteiger partial charge in [-0.1, -0.05) is 18.2 Å². The molecule has 0 radical (unpaired) electrons. The minimum absolute atomic E-state index is 0.0457. The van der Waals surface area contributed by atoms with Crippen molar-refractivity contribution in [2.75, 3.05) is 42.5 Å². The molecule has 0 unspecified atom stereocenters. The minimum Gasteiger partial charge on any atom is -0.368 e. The summed E-state index contributed by atoms with van der Waals surface area (Å²) in [6.45, 7) is 4.98. The number of hydrogen-bond acceptors (Lipinski definition) is 3. The van der Waals surface area contributed by atoms with E-state index in [1.807, 2.05) is 42.2 Å². The SMILES string of the molecule is CCN(C(=O)C1(C(=O)N2CCN(c3ccc(F)cc3)CC2)CC1)c1ccccc1. The van der Waals surface area contributed by atoms with E-state index in [0.717, 1.165) is 11.4 Å². The normalized spacial score (nSPS) is 17.7. The summed E-state index contributed by atoms with van der Waals surface area (Å²) in [4.78, 5) is 32.3. The Balaban J connectivity index is 1.43. The molecule has 152 valence electrons. The summed E-state index contributed by atoms with van der Waals surface area (Å²) in [5.41, 5.74) is 0.890. The van der Waals surface area contributed by atoms with Gasteiger partial charge >= 0.3 is 0 Å². The van der Waals surface area contributed by atoms with Gasteiger partial charge in [0.05, 0.1) is 0 Å². The van der Waals surface area contributed by atoms with Gasteiger partial charge in [0.2, 0.25) is 11.8 Å². The third kappa shape index (κ3) is 3.71. The first kappa shape index (κ1) is 19.4. The standard InChI is InChI=1S/C23H26FN3O2/c1-2-27(20-6-4-3-5-7-20)22(29)23(12-13-23)21(28)26-16-14-25(15-17-26)19-10-8-18(24)9-11-19/h3-11H,2,12-17H2,1H3. The zero-order valence-corrected chi connectivity index (χ0v) is 16.7. The largest absolute Gasteiger partial charge is 0.368 e. The summed E-state index contributed by atoms with van der Waals surface area (Å²) in [6.07, 6.45) is 1.23. The highest BCUT2D eigenvalue weighted by Gasteiger charge is 2.59. The molecule has 6 heteroatoms. The van der Waals surface area contributed by atoms with Crippen molar-refractivity contribution in [3.63, 3.8) is 0 Å². The highest BCUT2D eigenvalue weighted by Crippen LogP contribution is 2.49. The van der Waals surface area contributed by atoms with E-state index < -0.39 is 5.41 Å². The van der Waals surface area contributed by atoms with Gasteiger partial charge in [-0.3, -0.25) is 9.59 Å². The summed E-state index contributed by atoms with van der Waals surface area (Å²) in [7, 11) is 0. The number of hydrogen-bond donors (Lipinski definition) is 0. The first-order valence-electron chi connectivity index (χ1n) is 10.2. The van der Waals surface area contributed by atoms with E-state index in [1.165, 1.54) is 12.1 Å². The summed E-state index contributed by atoms with van der Waals surface area (Å²) in [6, 6.07) is 16.0. The lowest BCUT2D eigenvalue weighted by Crippen LogP contribution is -2.53. The predicted molar refractivity (Wildman–Crippen MR) is 111 cm³/mol. The number of anilines is 2. The molecule has 1 heterocycles. The molecule has 0 atom stereocenters. The molecular formula is C23H26FN3O2. The van der Waals surface area contributed by atoms with E-state index in [1.54, 1.807) is 17.0 Å². The molecule has 2 amide bonds. The molecule has 4 rings (SSSR count). The maximum absolute atomic E-state index is 13.3. The lowest BCUT2D eigenvalue weighted by molar-refractivity contribution is -0.143. The number of rotatable bonds is 5. The average Bonchev–Trinajstić information content (AvgIpc) is 3.57. The Morgan fingerprint density at radius 2 is 1.59 bits per heavy atom. The first-order valence-corrected chi connectivity index (χ1v) is 10.2. The van der Waals surface area contributed by atoms with Gasteiger partial charge in [-0.2, -0.15) is 0 Å². The van der Waals surface area contributed by atoms with Crippen LogP contribution in [0.25, 0.3) is 0 Å². The van der Waals surface area contributed by atoms with Crippen molar-refractivity contribution in [3.05, 3.63) is 60.4 Å². The van der Waals surface area contributed by atoms with E-state index in [-0.39, 0.29) is 17.6 Å². The van der Waals surface area contributed by atoms with Gasteiger partial charge < -0.3 is 14.7 Å². The monoisotopic (exact) mass is 395 g/mol.